The summed E-state index contributed by atoms with van der Waals surface area (Å²) in [6, 6.07) is 10.2. The van der Waals surface area contributed by atoms with Gasteiger partial charge in [0.25, 0.3) is 0 Å². The highest BCUT2D eigenvalue weighted by molar-refractivity contribution is 7.89. The number of nitriles is 1. The number of sulfonamides is 1. The van der Waals surface area contributed by atoms with Crippen LogP contribution >= 0.6 is 0 Å². The molecule has 0 aromatic heterocycles. The first-order valence-electron chi connectivity index (χ1n) is 8.50. The molecule has 3 atom stereocenters. The highest BCUT2D eigenvalue weighted by Gasteiger charge is 2.34. The molecule has 0 radical (unpaired) electrons. The summed E-state index contributed by atoms with van der Waals surface area (Å²) in [5.41, 5.74) is 1.80. The average Bonchev–Trinajstić information content (AvgIpc) is 2.56. The molecule has 0 spiro atoms. The zero-order chi connectivity index (χ0) is 17.9. The molecule has 5 nitrogen and oxygen atoms in total. The Morgan fingerprint density at radius 2 is 1.88 bits per heavy atom. The van der Waals surface area contributed by atoms with Crippen molar-refractivity contribution in [3.8, 4) is 6.07 Å². The predicted octanol–water partition coefficient (Wildman–Crippen LogP) is 2.66. The normalized spacial score (nSPS) is 23.8. The molecule has 0 amide bonds. The topological polar surface area (TPSA) is 73.2 Å². The van der Waals surface area contributed by atoms with E-state index in [1.807, 2.05) is 24.3 Å². The second-order valence-corrected chi connectivity index (χ2v) is 9.44. The summed E-state index contributed by atoms with van der Waals surface area (Å²) in [5, 5.41) is 12.1. The summed E-state index contributed by atoms with van der Waals surface area (Å²) in [7, 11) is -3.17. The Kier molecular flexibility index (Phi) is 6.02. The highest BCUT2D eigenvalue weighted by Crippen LogP contribution is 2.24. The number of rotatable bonds is 5. The molecule has 1 heterocycles. The third-order valence-electron chi connectivity index (χ3n) is 4.83. The zero-order valence-electron chi connectivity index (χ0n) is 14.9. The smallest absolute Gasteiger partial charge is 0.216 e. The molecule has 0 unspecified atom stereocenters. The van der Waals surface area contributed by atoms with Gasteiger partial charge in [-0.1, -0.05) is 19.1 Å². The summed E-state index contributed by atoms with van der Waals surface area (Å²) >= 11 is 0. The van der Waals surface area contributed by atoms with Crippen LogP contribution in [0.15, 0.2) is 24.3 Å². The van der Waals surface area contributed by atoms with Crippen LogP contribution in [0.25, 0.3) is 0 Å². The first-order valence-corrected chi connectivity index (χ1v) is 10.0. The third-order valence-corrected chi connectivity index (χ3v) is 7.07. The quantitative estimate of drug-likeness (QED) is 0.887. The molecule has 6 heteroatoms. The molecule has 0 bridgehead atoms. The summed E-state index contributed by atoms with van der Waals surface area (Å²) < 4.78 is 26.3. The number of piperidine rings is 1. The van der Waals surface area contributed by atoms with Gasteiger partial charge in [-0.25, -0.2) is 12.7 Å². The lowest BCUT2D eigenvalue weighted by molar-refractivity contribution is 0.209. The van der Waals surface area contributed by atoms with Gasteiger partial charge in [-0.3, -0.25) is 0 Å². The molecule has 1 N–H and O–H groups in total. The van der Waals surface area contributed by atoms with E-state index in [2.05, 4.69) is 25.2 Å². The molecule has 1 aromatic carbocycles. The van der Waals surface area contributed by atoms with E-state index < -0.39 is 10.0 Å². The van der Waals surface area contributed by atoms with Gasteiger partial charge in [0.2, 0.25) is 10.0 Å². The molecule has 1 aliphatic rings. The molecular formula is C18H27N3O2S. The lowest BCUT2D eigenvalue weighted by Gasteiger charge is -2.38. The van der Waals surface area contributed by atoms with Crippen LogP contribution in [-0.2, 0) is 10.0 Å². The minimum absolute atomic E-state index is 0.165. The van der Waals surface area contributed by atoms with Crippen molar-refractivity contribution < 1.29 is 8.42 Å². The van der Waals surface area contributed by atoms with Gasteiger partial charge in [0.15, 0.2) is 0 Å². The van der Waals surface area contributed by atoms with E-state index in [1.54, 1.807) is 18.2 Å². The third kappa shape index (κ3) is 4.15. The molecule has 0 aliphatic carbocycles. The standard InChI is InChI=1S/C18H27N3O2S/c1-13(2)24(22,23)21-10-9-18(14(3)12-21)20-15(4)17-7-5-16(11-19)6-8-17/h5-8,13-15,18,20H,9-10,12H2,1-4H3/t14-,15+,18-/m1/s1. The van der Waals surface area contributed by atoms with Crippen LogP contribution in [0, 0.1) is 17.2 Å². The van der Waals surface area contributed by atoms with Gasteiger partial charge in [-0.05, 0) is 50.8 Å². The summed E-state index contributed by atoms with van der Waals surface area (Å²) in [4.78, 5) is 0. The van der Waals surface area contributed by atoms with Gasteiger partial charge in [-0.2, -0.15) is 5.26 Å². The number of nitrogens with zero attached hydrogens (tertiary/aromatic N) is 2. The van der Waals surface area contributed by atoms with E-state index in [-0.39, 0.29) is 23.3 Å². The van der Waals surface area contributed by atoms with Crippen LogP contribution in [-0.4, -0.2) is 37.1 Å². The van der Waals surface area contributed by atoms with E-state index in [0.717, 1.165) is 12.0 Å². The van der Waals surface area contributed by atoms with Crippen LogP contribution in [0.4, 0.5) is 0 Å². The number of hydrogen-bond donors (Lipinski definition) is 1. The van der Waals surface area contributed by atoms with E-state index in [1.165, 1.54) is 0 Å². The fourth-order valence-electron chi connectivity index (χ4n) is 3.15. The van der Waals surface area contributed by atoms with Crippen molar-refractivity contribution in [2.75, 3.05) is 13.1 Å². The van der Waals surface area contributed by atoms with E-state index in [9.17, 15) is 8.42 Å². The molecule has 0 saturated carbocycles. The van der Waals surface area contributed by atoms with Crippen LogP contribution in [0.3, 0.4) is 0 Å². The Balaban J connectivity index is 1.98. The van der Waals surface area contributed by atoms with Gasteiger partial charge >= 0.3 is 0 Å². The van der Waals surface area contributed by atoms with Gasteiger partial charge < -0.3 is 5.32 Å². The van der Waals surface area contributed by atoms with Crippen LogP contribution in [0.2, 0.25) is 0 Å². The molecule has 1 fully saturated rings. The van der Waals surface area contributed by atoms with Crippen molar-refractivity contribution in [1.29, 1.82) is 5.26 Å². The van der Waals surface area contributed by atoms with Crippen LogP contribution in [0.1, 0.15) is 51.3 Å². The van der Waals surface area contributed by atoms with E-state index in [4.69, 9.17) is 5.26 Å². The molecule has 1 aliphatic heterocycles. The van der Waals surface area contributed by atoms with E-state index in [0.29, 0.717) is 18.7 Å². The first kappa shape index (κ1) is 18.9. The van der Waals surface area contributed by atoms with Crippen molar-refractivity contribution in [2.24, 2.45) is 5.92 Å². The summed E-state index contributed by atoms with van der Waals surface area (Å²) in [6.45, 7) is 8.81. The highest BCUT2D eigenvalue weighted by atomic mass is 32.2. The Labute approximate surface area is 145 Å². The van der Waals surface area contributed by atoms with Crippen LogP contribution in [0.5, 0.6) is 0 Å². The summed E-state index contributed by atoms with van der Waals surface area (Å²) in [5.74, 6) is 0.258. The predicted molar refractivity (Wildman–Crippen MR) is 95.9 cm³/mol. The second kappa shape index (κ2) is 7.64. The Bertz CT molecular complexity index is 692. The van der Waals surface area contributed by atoms with Crippen molar-refractivity contribution in [1.82, 2.24) is 9.62 Å². The fraction of sp³-hybridized carbons (Fsp3) is 0.611. The van der Waals surface area contributed by atoms with Crippen molar-refractivity contribution in [3.63, 3.8) is 0 Å². The van der Waals surface area contributed by atoms with Crippen molar-refractivity contribution >= 4 is 10.0 Å². The maximum atomic E-state index is 12.3. The Hall–Kier alpha value is -1.42. The van der Waals surface area contributed by atoms with Gasteiger partial charge in [0.05, 0.1) is 16.9 Å². The van der Waals surface area contributed by atoms with Crippen molar-refractivity contribution in [3.05, 3.63) is 35.4 Å². The molecule has 1 aromatic rings. The minimum Gasteiger partial charge on any atom is -0.307 e. The zero-order valence-corrected chi connectivity index (χ0v) is 15.7. The Morgan fingerprint density at radius 3 is 2.38 bits per heavy atom. The summed E-state index contributed by atoms with van der Waals surface area (Å²) in [6.07, 6.45) is 0.813. The molecule has 2 rings (SSSR count). The maximum Gasteiger partial charge on any atom is 0.216 e. The van der Waals surface area contributed by atoms with Gasteiger partial charge in [-0.15, -0.1) is 0 Å². The largest absolute Gasteiger partial charge is 0.307 e. The lowest BCUT2D eigenvalue weighted by Crippen LogP contribution is -2.51. The first-order chi connectivity index (χ1) is 11.3. The SMILES string of the molecule is CC(C)S(=O)(=O)N1CC[C@@H](N[C@@H](C)c2ccc(C#N)cc2)[C@H](C)C1. The van der Waals surface area contributed by atoms with E-state index >= 15 is 0 Å². The monoisotopic (exact) mass is 349 g/mol. The number of nitrogens with one attached hydrogen (secondary N) is 1. The maximum absolute atomic E-state index is 12.3. The van der Waals surface area contributed by atoms with Gasteiger partial charge in [0, 0.05) is 25.2 Å². The van der Waals surface area contributed by atoms with Gasteiger partial charge in [0.1, 0.15) is 0 Å². The number of benzene rings is 1. The van der Waals surface area contributed by atoms with Crippen molar-refractivity contribution in [2.45, 2.75) is 51.4 Å². The van der Waals surface area contributed by atoms with Crippen LogP contribution < -0.4 is 5.32 Å². The average molecular weight is 350 g/mol. The minimum atomic E-state index is -3.17. The molecule has 24 heavy (non-hydrogen) atoms. The molecule has 1 saturated heterocycles. The fourth-order valence-corrected chi connectivity index (χ4v) is 4.55. The molecular weight excluding hydrogens is 322 g/mol. The second-order valence-electron chi connectivity index (χ2n) is 6.95. The Morgan fingerprint density at radius 1 is 1.25 bits per heavy atom. The molecule has 132 valence electrons. The number of hydrogen-bond acceptors (Lipinski definition) is 4. The lowest BCUT2D eigenvalue weighted by atomic mass is 9.93.